The summed E-state index contributed by atoms with van der Waals surface area (Å²) in [4.78, 5) is 2.65. The lowest BCUT2D eigenvalue weighted by Crippen LogP contribution is -2.43. The van der Waals surface area contributed by atoms with Crippen molar-refractivity contribution < 1.29 is 0 Å². The molecule has 2 heteroatoms. The Morgan fingerprint density at radius 3 is 2.24 bits per heavy atom. The quantitative estimate of drug-likeness (QED) is 0.854. The van der Waals surface area contributed by atoms with Crippen LogP contribution >= 0.6 is 0 Å². The van der Waals surface area contributed by atoms with Gasteiger partial charge in [0.1, 0.15) is 0 Å². The van der Waals surface area contributed by atoms with E-state index in [4.69, 9.17) is 0 Å². The van der Waals surface area contributed by atoms with Gasteiger partial charge in [0.2, 0.25) is 0 Å². The average molecular weight is 288 g/mol. The standard InChI is InChI=1S/C19H32N2/c1-5-17-7-9-18(10-8-17)19(20-6-2)14-21-12-15(3)11-16(4)13-21/h7-10,15-16,19-20H,5-6,11-14H2,1-4H3. The zero-order valence-electron chi connectivity index (χ0n) is 14.2. The van der Waals surface area contributed by atoms with Crippen LogP contribution in [0.1, 0.15) is 51.3 Å². The Hall–Kier alpha value is -0.860. The van der Waals surface area contributed by atoms with Crippen molar-refractivity contribution in [3.63, 3.8) is 0 Å². The van der Waals surface area contributed by atoms with Crippen LogP contribution < -0.4 is 5.32 Å². The van der Waals surface area contributed by atoms with Gasteiger partial charge in [-0.2, -0.15) is 0 Å². The number of benzene rings is 1. The fraction of sp³-hybridized carbons (Fsp3) is 0.684. The molecule has 1 N–H and O–H groups in total. The molecular weight excluding hydrogens is 256 g/mol. The van der Waals surface area contributed by atoms with E-state index in [9.17, 15) is 0 Å². The number of nitrogens with zero attached hydrogens (tertiary/aromatic N) is 1. The van der Waals surface area contributed by atoms with Crippen LogP contribution in [0.15, 0.2) is 24.3 Å². The topological polar surface area (TPSA) is 15.3 Å². The molecule has 21 heavy (non-hydrogen) atoms. The molecule has 1 fully saturated rings. The van der Waals surface area contributed by atoms with Gasteiger partial charge in [-0.1, -0.05) is 52.0 Å². The lowest BCUT2D eigenvalue weighted by atomic mass is 9.91. The summed E-state index contributed by atoms with van der Waals surface area (Å²) in [5, 5.41) is 3.67. The maximum absolute atomic E-state index is 3.67. The van der Waals surface area contributed by atoms with Crippen molar-refractivity contribution in [2.75, 3.05) is 26.2 Å². The van der Waals surface area contributed by atoms with Gasteiger partial charge >= 0.3 is 0 Å². The van der Waals surface area contributed by atoms with E-state index in [0.29, 0.717) is 6.04 Å². The Balaban J connectivity index is 2.03. The van der Waals surface area contributed by atoms with Crippen molar-refractivity contribution >= 4 is 0 Å². The lowest BCUT2D eigenvalue weighted by Gasteiger charge is -2.37. The highest BCUT2D eigenvalue weighted by molar-refractivity contribution is 5.25. The van der Waals surface area contributed by atoms with Crippen LogP contribution in [0.4, 0.5) is 0 Å². The molecule has 0 amide bonds. The molecule has 2 nitrogen and oxygen atoms in total. The Labute approximate surface area is 130 Å². The van der Waals surface area contributed by atoms with E-state index in [0.717, 1.165) is 31.3 Å². The molecule has 0 saturated carbocycles. The van der Waals surface area contributed by atoms with Crippen molar-refractivity contribution in [2.45, 2.75) is 46.6 Å². The van der Waals surface area contributed by atoms with E-state index in [2.05, 4.69) is 62.2 Å². The number of likely N-dealkylation sites (tertiary alicyclic amines) is 1. The van der Waals surface area contributed by atoms with Crippen molar-refractivity contribution in [3.8, 4) is 0 Å². The first-order chi connectivity index (χ1) is 10.1. The van der Waals surface area contributed by atoms with Crippen molar-refractivity contribution in [1.29, 1.82) is 0 Å². The van der Waals surface area contributed by atoms with Gasteiger partial charge in [-0.05, 0) is 42.3 Å². The molecule has 0 radical (unpaired) electrons. The summed E-state index contributed by atoms with van der Waals surface area (Å²) < 4.78 is 0. The molecule has 1 aliphatic rings. The molecular formula is C19H32N2. The summed E-state index contributed by atoms with van der Waals surface area (Å²) in [6.45, 7) is 13.9. The molecule has 1 aromatic carbocycles. The molecule has 3 unspecified atom stereocenters. The highest BCUT2D eigenvalue weighted by atomic mass is 15.2. The fourth-order valence-electron chi connectivity index (χ4n) is 3.72. The predicted octanol–water partition coefficient (Wildman–Crippen LogP) is 3.88. The van der Waals surface area contributed by atoms with Crippen LogP contribution in [0.5, 0.6) is 0 Å². The largest absolute Gasteiger partial charge is 0.309 e. The fourth-order valence-corrected chi connectivity index (χ4v) is 3.72. The minimum Gasteiger partial charge on any atom is -0.309 e. The monoisotopic (exact) mass is 288 g/mol. The zero-order valence-corrected chi connectivity index (χ0v) is 14.2. The first-order valence-electron chi connectivity index (χ1n) is 8.66. The third-order valence-corrected chi connectivity index (χ3v) is 4.63. The number of rotatable bonds is 6. The first kappa shape index (κ1) is 16.5. The molecule has 2 rings (SSSR count). The molecule has 118 valence electrons. The van der Waals surface area contributed by atoms with E-state index in [1.54, 1.807) is 0 Å². The van der Waals surface area contributed by atoms with Crippen molar-refractivity contribution in [3.05, 3.63) is 35.4 Å². The van der Waals surface area contributed by atoms with Gasteiger partial charge in [0.25, 0.3) is 0 Å². The van der Waals surface area contributed by atoms with Crippen LogP contribution in [0.3, 0.4) is 0 Å². The van der Waals surface area contributed by atoms with Crippen molar-refractivity contribution in [1.82, 2.24) is 10.2 Å². The summed E-state index contributed by atoms with van der Waals surface area (Å²) in [5.41, 5.74) is 2.86. The van der Waals surface area contributed by atoms with Gasteiger partial charge in [-0.3, -0.25) is 0 Å². The Bertz CT molecular complexity index is 402. The summed E-state index contributed by atoms with van der Waals surface area (Å²) in [6.07, 6.45) is 2.50. The summed E-state index contributed by atoms with van der Waals surface area (Å²) >= 11 is 0. The van der Waals surface area contributed by atoms with Gasteiger partial charge in [-0.25, -0.2) is 0 Å². The molecule has 1 aliphatic heterocycles. The van der Waals surface area contributed by atoms with Crippen LogP contribution in [0.25, 0.3) is 0 Å². The first-order valence-corrected chi connectivity index (χ1v) is 8.66. The second kappa shape index (κ2) is 7.95. The second-order valence-corrected chi connectivity index (χ2v) is 6.87. The number of hydrogen-bond donors (Lipinski definition) is 1. The molecule has 1 saturated heterocycles. The van der Waals surface area contributed by atoms with E-state index >= 15 is 0 Å². The molecule has 0 spiro atoms. The van der Waals surface area contributed by atoms with E-state index < -0.39 is 0 Å². The van der Waals surface area contributed by atoms with Crippen LogP contribution in [0, 0.1) is 11.8 Å². The molecule has 1 heterocycles. The second-order valence-electron chi connectivity index (χ2n) is 6.87. The van der Waals surface area contributed by atoms with Crippen LogP contribution in [0.2, 0.25) is 0 Å². The number of hydrogen-bond acceptors (Lipinski definition) is 2. The van der Waals surface area contributed by atoms with Gasteiger partial charge in [0, 0.05) is 25.7 Å². The molecule has 0 bridgehead atoms. The van der Waals surface area contributed by atoms with Gasteiger partial charge in [0.15, 0.2) is 0 Å². The minimum atomic E-state index is 0.457. The summed E-state index contributed by atoms with van der Waals surface area (Å²) in [6, 6.07) is 9.63. The SMILES string of the molecule is CCNC(CN1CC(C)CC(C)C1)c1ccc(CC)cc1. The number of aryl methyl sites for hydroxylation is 1. The third-order valence-electron chi connectivity index (χ3n) is 4.63. The Kier molecular flexibility index (Phi) is 6.25. The predicted molar refractivity (Wildman–Crippen MR) is 91.6 cm³/mol. The summed E-state index contributed by atoms with van der Waals surface area (Å²) in [5.74, 6) is 1.66. The van der Waals surface area contributed by atoms with Crippen LogP contribution in [-0.2, 0) is 6.42 Å². The maximum Gasteiger partial charge on any atom is 0.0449 e. The average Bonchev–Trinajstić information content (AvgIpc) is 2.46. The maximum atomic E-state index is 3.67. The normalized spacial score (nSPS) is 25.0. The van der Waals surface area contributed by atoms with E-state index in [1.165, 1.54) is 30.6 Å². The highest BCUT2D eigenvalue weighted by Gasteiger charge is 2.24. The smallest absolute Gasteiger partial charge is 0.0449 e. The molecule has 1 aromatic rings. The third kappa shape index (κ3) is 4.82. The molecule has 3 atom stereocenters. The number of piperidine rings is 1. The van der Waals surface area contributed by atoms with E-state index in [-0.39, 0.29) is 0 Å². The lowest BCUT2D eigenvalue weighted by molar-refractivity contribution is 0.128. The van der Waals surface area contributed by atoms with Gasteiger partial charge in [-0.15, -0.1) is 0 Å². The molecule has 0 aliphatic carbocycles. The van der Waals surface area contributed by atoms with Gasteiger partial charge < -0.3 is 10.2 Å². The summed E-state index contributed by atoms with van der Waals surface area (Å²) in [7, 11) is 0. The molecule has 0 aromatic heterocycles. The Morgan fingerprint density at radius 1 is 1.10 bits per heavy atom. The minimum absolute atomic E-state index is 0.457. The highest BCUT2D eigenvalue weighted by Crippen LogP contribution is 2.24. The van der Waals surface area contributed by atoms with Crippen molar-refractivity contribution in [2.24, 2.45) is 11.8 Å². The van der Waals surface area contributed by atoms with E-state index in [1.807, 2.05) is 0 Å². The zero-order chi connectivity index (χ0) is 15.2. The van der Waals surface area contributed by atoms with Crippen LogP contribution in [-0.4, -0.2) is 31.1 Å². The number of likely N-dealkylation sites (N-methyl/N-ethyl adjacent to an activating group) is 1. The Morgan fingerprint density at radius 2 is 1.71 bits per heavy atom. The van der Waals surface area contributed by atoms with Gasteiger partial charge in [0.05, 0.1) is 0 Å². The number of nitrogens with one attached hydrogen (secondary N) is 1.